The highest BCUT2D eigenvalue weighted by atomic mass is 14.7. The molecule has 0 saturated heterocycles. The third-order valence-corrected chi connectivity index (χ3v) is 3.06. The van der Waals surface area contributed by atoms with Crippen LogP contribution in [0.4, 0.5) is 0 Å². The second-order valence-corrected chi connectivity index (χ2v) is 3.89. The molecule has 1 atom stereocenters. The normalized spacial score (nSPS) is 19.5. The van der Waals surface area contributed by atoms with Gasteiger partial charge in [-0.25, -0.2) is 0 Å². The zero-order valence-electron chi connectivity index (χ0n) is 8.03. The van der Waals surface area contributed by atoms with Gasteiger partial charge in [-0.3, -0.25) is 4.98 Å². The van der Waals surface area contributed by atoms with Gasteiger partial charge in [-0.05, 0) is 37.3 Å². The number of aryl methyl sites for hydroxylation is 1. The number of nitrogens with two attached hydrogens (primary N) is 1. The van der Waals surface area contributed by atoms with E-state index < -0.39 is 0 Å². The fourth-order valence-electron chi connectivity index (χ4n) is 1.90. The highest BCUT2D eigenvalue weighted by Gasteiger charge is 2.26. The third-order valence-electron chi connectivity index (χ3n) is 3.06. The van der Waals surface area contributed by atoms with Crippen LogP contribution >= 0.6 is 0 Å². The van der Waals surface area contributed by atoms with Crippen molar-refractivity contribution in [3.63, 3.8) is 0 Å². The molecule has 1 aromatic heterocycles. The molecule has 1 aliphatic carbocycles. The molecule has 2 rings (SSSR count). The summed E-state index contributed by atoms with van der Waals surface area (Å²) in [6, 6.07) is 4.29. The van der Waals surface area contributed by atoms with Crippen molar-refractivity contribution in [3.05, 3.63) is 29.6 Å². The van der Waals surface area contributed by atoms with Gasteiger partial charge in [0.05, 0.1) is 0 Å². The van der Waals surface area contributed by atoms with Gasteiger partial charge in [0.15, 0.2) is 0 Å². The molecule has 1 saturated carbocycles. The van der Waals surface area contributed by atoms with Crippen molar-refractivity contribution in [2.75, 3.05) is 0 Å². The van der Waals surface area contributed by atoms with Gasteiger partial charge in [-0.1, -0.05) is 12.5 Å². The first-order valence-corrected chi connectivity index (χ1v) is 4.96. The summed E-state index contributed by atoms with van der Waals surface area (Å²) >= 11 is 0. The van der Waals surface area contributed by atoms with Gasteiger partial charge in [-0.15, -0.1) is 0 Å². The summed E-state index contributed by atoms with van der Waals surface area (Å²) in [6.07, 6.45) is 5.75. The first kappa shape index (κ1) is 8.70. The Kier molecular flexibility index (Phi) is 2.32. The van der Waals surface area contributed by atoms with Crippen molar-refractivity contribution >= 4 is 0 Å². The smallest absolute Gasteiger partial charge is 0.0420 e. The van der Waals surface area contributed by atoms with Crippen molar-refractivity contribution in [1.29, 1.82) is 0 Å². The van der Waals surface area contributed by atoms with Gasteiger partial charge in [-0.2, -0.15) is 0 Å². The van der Waals surface area contributed by atoms with E-state index in [0.29, 0.717) is 5.92 Å². The largest absolute Gasteiger partial charge is 0.324 e. The Hall–Kier alpha value is -0.890. The van der Waals surface area contributed by atoms with Crippen LogP contribution < -0.4 is 5.73 Å². The average molecular weight is 176 g/mol. The summed E-state index contributed by atoms with van der Waals surface area (Å²) in [6.45, 7) is 2.04. The maximum Gasteiger partial charge on any atom is 0.0420 e. The summed E-state index contributed by atoms with van der Waals surface area (Å²) in [5.41, 5.74) is 8.48. The van der Waals surface area contributed by atoms with Crippen LogP contribution in [0.2, 0.25) is 0 Å². The molecule has 1 unspecified atom stereocenters. The highest BCUT2D eigenvalue weighted by Crippen LogP contribution is 2.36. The van der Waals surface area contributed by atoms with E-state index in [4.69, 9.17) is 5.73 Å². The van der Waals surface area contributed by atoms with E-state index >= 15 is 0 Å². The molecule has 13 heavy (non-hydrogen) atoms. The van der Waals surface area contributed by atoms with Crippen molar-refractivity contribution in [2.45, 2.75) is 32.2 Å². The minimum Gasteiger partial charge on any atom is -0.324 e. The molecule has 0 aromatic carbocycles. The van der Waals surface area contributed by atoms with Crippen LogP contribution in [0.1, 0.15) is 36.6 Å². The number of aromatic nitrogens is 1. The number of pyridine rings is 1. The van der Waals surface area contributed by atoms with E-state index in [2.05, 4.69) is 11.1 Å². The molecule has 0 bridgehead atoms. The van der Waals surface area contributed by atoms with Gasteiger partial charge in [0, 0.05) is 17.9 Å². The lowest BCUT2D eigenvalue weighted by Gasteiger charge is -2.31. The van der Waals surface area contributed by atoms with Crippen LogP contribution in [0.3, 0.4) is 0 Å². The standard InChI is InChI=1S/C11H16N2/c1-8-10(6-3-7-13-8)11(12)9-4-2-5-9/h3,6-7,9,11H,2,4-5,12H2,1H3. The molecular formula is C11H16N2. The van der Waals surface area contributed by atoms with Gasteiger partial charge < -0.3 is 5.73 Å². The van der Waals surface area contributed by atoms with Crippen LogP contribution in [0.15, 0.2) is 18.3 Å². The highest BCUT2D eigenvalue weighted by molar-refractivity contribution is 5.23. The molecule has 1 aliphatic rings. The monoisotopic (exact) mass is 176 g/mol. The minimum absolute atomic E-state index is 0.211. The summed E-state index contributed by atoms with van der Waals surface area (Å²) in [4.78, 5) is 4.26. The second-order valence-electron chi connectivity index (χ2n) is 3.89. The minimum atomic E-state index is 0.211. The van der Waals surface area contributed by atoms with Gasteiger partial charge in [0.25, 0.3) is 0 Å². The van der Waals surface area contributed by atoms with Gasteiger partial charge in [0.2, 0.25) is 0 Å². The van der Waals surface area contributed by atoms with Crippen LogP contribution in [0, 0.1) is 12.8 Å². The summed E-state index contributed by atoms with van der Waals surface area (Å²) in [7, 11) is 0. The quantitative estimate of drug-likeness (QED) is 0.750. The number of rotatable bonds is 2. The van der Waals surface area contributed by atoms with Gasteiger partial charge in [0.1, 0.15) is 0 Å². The molecule has 1 fully saturated rings. The molecule has 0 radical (unpaired) electrons. The number of hydrogen-bond donors (Lipinski definition) is 1. The van der Waals surface area contributed by atoms with Crippen molar-refractivity contribution < 1.29 is 0 Å². The maximum absolute atomic E-state index is 6.16. The molecule has 1 aromatic rings. The SMILES string of the molecule is Cc1ncccc1C(N)C1CCC1. The van der Waals surface area contributed by atoms with Gasteiger partial charge >= 0.3 is 0 Å². The van der Waals surface area contributed by atoms with E-state index in [9.17, 15) is 0 Å². The fraction of sp³-hybridized carbons (Fsp3) is 0.545. The van der Waals surface area contributed by atoms with Crippen LogP contribution in [0.5, 0.6) is 0 Å². The second kappa shape index (κ2) is 3.46. The first-order valence-electron chi connectivity index (χ1n) is 4.96. The summed E-state index contributed by atoms with van der Waals surface area (Å²) in [5.74, 6) is 0.697. The molecule has 0 amide bonds. The predicted molar refractivity (Wildman–Crippen MR) is 53.2 cm³/mol. The van der Waals surface area contributed by atoms with Crippen LogP contribution in [-0.2, 0) is 0 Å². The Labute approximate surface area is 79.2 Å². The molecule has 1 heterocycles. The van der Waals surface area contributed by atoms with Crippen LogP contribution in [-0.4, -0.2) is 4.98 Å². The van der Waals surface area contributed by atoms with Crippen LogP contribution in [0.25, 0.3) is 0 Å². The molecule has 2 N–H and O–H groups in total. The molecule has 70 valence electrons. The van der Waals surface area contributed by atoms with E-state index in [1.807, 2.05) is 19.2 Å². The Morgan fingerprint density at radius 1 is 1.54 bits per heavy atom. The fourth-order valence-corrected chi connectivity index (χ4v) is 1.90. The number of hydrogen-bond acceptors (Lipinski definition) is 2. The third kappa shape index (κ3) is 1.59. The molecule has 2 heteroatoms. The lowest BCUT2D eigenvalue weighted by atomic mass is 9.77. The summed E-state index contributed by atoms with van der Waals surface area (Å²) in [5, 5.41) is 0. The predicted octanol–water partition coefficient (Wildman–Crippen LogP) is 2.19. The van der Waals surface area contributed by atoms with E-state index in [1.165, 1.54) is 24.8 Å². The number of nitrogens with zero attached hydrogens (tertiary/aromatic N) is 1. The lowest BCUT2D eigenvalue weighted by molar-refractivity contribution is 0.263. The molecular weight excluding hydrogens is 160 g/mol. The average Bonchev–Trinajstić information content (AvgIpc) is 2.01. The lowest BCUT2D eigenvalue weighted by Crippen LogP contribution is -2.27. The molecule has 2 nitrogen and oxygen atoms in total. The van der Waals surface area contributed by atoms with E-state index in [1.54, 1.807) is 0 Å². The summed E-state index contributed by atoms with van der Waals surface area (Å²) < 4.78 is 0. The Bertz CT molecular complexity index is 292. The van der Waals surface area contributed by atoms with E-state index in [0.717, 1.165) is 5.69 Å². The molecule has 0 spiro atoms. The Morgan fingerprint density at radius 2 is 2.31 bits per heavy atom. The first-order chi connectivity index (χ1) is 6.29. The van der Waals surface area contributed by atoms with Crippen molar-refractivity contribution in [2.24, 2.45) is 11.7 Å². The Morgan fingerprint density at radius 3 is 2.85 bits per heavy atom. The zero-order chi connectivity index (χ0) is 9.26. The molecule has 0 aliphatic heterocycles. The zero-order valence-corrected chi connectivity index (χ0v) is 8.03. The maximum atomic E-state index is 6.16. The Balaban J connectivity index is 2.18. The van der Waals surface area contributed by atoms with Crippen molar-refractivity contribution in [3.8, 4) is 0 Å². The van der Waals surface area contributed by atoms with E-state index in [-0.39, 0.29) is 6.04 Å². The van der Waals surface area contributed by atoms with Crippen molar-refractivity contribution in [1.82, 2.24) is 4.98 Å². The topological polar surface area (TPSA) is 38.9 Å².